The molecule has 1 aromatic heterocycles. The van der Waals surface area contributed by atoms with Crippen LogP contribution < -0.4 is 10.6 Å². The third-order valence-electron chi connectivity index (χ3n) is 3.21. The SMILES string of the molecule is CNc1ccc(C(=O)NCCc2ccncc2)c(C)c1. The number of benzene rings is 1. The molecule has 2 aromatic rings. The van der Waals surface area contributed by atoms with Gasteiger partial charge < -0.3 is 10.6 Å². The van der Waals surface area contributed by atoms with Gasteiger partial charge in [0, 0.05) is 37.2 Å². The summed E-state index contributed by atoms with van der Waals surface area (Å²) < 4.78 is 0. The van der Waals surface area contributed by atoms with Crippen LogP contribution in [0.2, 0.25) is 0 Å². The van der Waals surface area contributed by atoms with Crippen LogP contribution in [0.15, 0.2) is 42.7 Å². The highest BCUT2D eigenvalue weighted by molar-refractivity contribution is 5.96. The smallest absolute Gasteiger partial charge is 0.251 e. The Balaban J connectivity index is 1.92. The number of aromatic nitrogens is 1. The van der Waals surface area contributed by atoms with E-state index in [9.17, 15) is 4.79 Å². The molecule has 0 atom stereocenters. The normalized spacial score (nSPS) is 10.1. The second-order valence-corrected chi connectivity index (χ2v) is 4.64. The minimum absolute atomic E-state index is 0.0285. The maximum atomic E-state index is 12.1. The summed E-state index contributed by atoms with van der Waals surface area (Å²) in [5.74, 6) is -0.0285. The van der Waals surface area contributed by atoms with Crippen molar-refractivity contribution in [2.24, 2.45) is 0 Å². The van der Waals surface area contributed by atoms with Gasteiger partial charge in [0.05, 0.1) is 0 Å². The number of rotatable bonds is 5. The molecule has 0 bridgehead atoms. The average molecular weight is 269 g/mol. The Morgan fingerprint density at radius 3 is 2.60 bits per heavy atom. The van der Waals surface area contributed by atoms with E-state index >= 15 is 0 Å². The van der Waals surface area contributed by atoms with Crippen LogP contribution in [0, 0.1) is 6.92 Å². The first-order valence-electron chi connectivity index (χ1n) is 6.66. The van der Waals surface area contributed by atoms with Gasteiger partial charge >= 0.3 is 0 Å². The van der Waals surface area contributed by atoms with Gasteiger partial charge in [-0.1, -0.05) is 0 Å². The van der Waals surface area contributed by atoms with Crippen LogP contribution in [-0.2, 0) is 6.42 Å². The monoisotopic (exact) mass is 269 g/mol. The van der Waals surface area contributed by atoms with E-state index in [1.165, 1.54) is 5.56 Å². The lowest BCUT2D eigenvalue weighted by molar-refractivity contribution is 0.0953. The van der Waals surface area contributed by atoms with E-state index in [4.69, 9.17) is 0 Å². The zero-order chi connectivity index (χ0) is 14.4. The van der Waals surface area contributed by atoms with Crippen LogP contribution in [-0.4, -0.2) is 24.5 Å². The Bertz CT molecular complexity index is 582. The van der Waals surface area contributed by atoms with Crippen molar-refractivity contribution in [2.75, 3.05) is 18.9 Å². The zero-order valence-electron chi connectivity index (χ0n) is 11.8. The highest BCUT2D eigenvalue weighted by Crippen LogP contribution is 2.14. The Kier molecular flexibility index (Phi) is 4.71. The van der Waals surface area contributed by atoms with Crippen LogP contribution in [0.5, 0.6) is 0 Å². The van der Waals surface area contributed by atoms with Gasteiger partial charge in [0.1, 0.15) is 0 Å². The van der Waals surface area contributed by atoms with Crippen LogP contribution in [0.3, 0.4) is 0 Å². The van der Waals surface area contributed by atoms with Gasteiger partial charge in [-0.2, -0.15) is 0 Å². The third-order valence-corrected chi connectivity index (χ3v) is 3.21. The van der Waals surface area contributed by atoms with E-state index in [0.29, 0.717) is 6.54 Å². The predicted molar refractivity (Wildman–Crippen MR) is 81.0 cm³/mol. The van der Waals surface area contributed by atoms with E-state index < -0.39 is 0 Å². The van der Waals surface area contributed by atoms with E-state index in [1.807, 2.05) is 44.3 Å². The summed E-state index contributed by atoms with van der Waals surface area (Å²) in [4.78, 5) is 16.1. The first-order valence-corrected chi connectivity index (χ1v) is 6.66. The molecule has 0 unspecified atom stereocenters. The largest absolute Gasteiger partial charge is 0.388 e. The fourth-order valence-electron chi connectivity index (χ4n) is 2.04. The van der Waals surface area contributed by atoms with Crippen molar-refractivity contribution in [2.45, 2.75) is 13.3 Å². The molecule has 2 N–H and O–H groups in total. The number of carbonyl (C=O) groups is 1. The molecule has 1 amide bonds. The van der Waals surface area contributed by atoms with Gasteiger partial charge in [-0.25, -0.2) is 0 Å². The molecule has 104 valence electrons. The summed E-state index contributed by atoms with van der Waals surface area (Å²) in [6.07, 6.45) is 4.33. The fourth-order valence-corrected chi connectivity index (χ4v) is 2.04. The Morgan fingerprint density at radius 1 is 1.20 bits per heavy atom. The van der Waals surface area contributed by atoms with E-state index in [2.05, 4.69) is 15.6 Å². The molecule has 1 aromatic carbocycles. The maximum absolute atomic E-state index is 12.1. The Morgan fingerprint density at radius 2 is 1.95 bits per heavy atom. The van der Waals surface area contributed by atoms with Crippen molar-refractivity contribution in [3.05, 3.63) is 59.4 Å². The average Bonchev–Trinajstić information content (AvgIpc) is 2.48. The molecular weight excluding hydrogens is 250 g/mol. The first-order chi connectivity index (χ1) is 9.70. The number of hydrogen-bond acceptors (Lipinski definition) is 3. The fraction of sp³-hybridized carbons (Fsp3) is 0.250. The number of amides is 1. The molecule has 4 heteroatoms. The summed E-state index contributed by atoms with van der Waals surface area (Å²) in [7, 11) is 1.86. The van der Waals surface area contributed by atoms with E-state index in [0.717, 1.165) is 23.2 Å². The number of nitrogens with one attached hydrogen (secondary N) is 2. The zero-order valence-corrected chi connectivity index (χ0v) is 11.8. The van der Waals surface area contributed by atoms with Gasteiger partial charge in [0.25, 0.3) is 5.91 Å². The standard InChI is InChI=1S/C16H19N3O/c1-12-11-14(17-2)3-4-15(12)16(20)19-10-7-13-5-8-18-9-6-13/h3-6,8-9,11,17H,7,10H2,1-2H3,(H,19,20). The molecule has 20 heavy (non-hydrogen) atoms. The number of aryl methyl sites for hydroxylation is 1. The highest BCUT2D eigenvalue weighted by atomic mass is 16.1. The summed E-state index contributed by atoms with van der Waals surface area (Å²) >= 11 is 0. The Hall–Kier alpha value is -2.36. The van der Waals surface area contributed by atoms with Crippen LogP contribution in [0.1, 0.15) is 21.5 Å². The molecule has 2 rings (SSSR count). The maximum Gasteiger partial charge on any atom is 0.251 e. The molecule has 0 aliphatic rings. The summed E-state index contributed by atoms with van der Waals surface area (Å²) in [5.41, 5.74) is 3.87. The van der Waals surface area contributed by atoms with Crippen LogP contribution in [0.4, 0.5) is 5.69 Å². The van der Waals surface area contributed by atoms with Gasteiger partial charge in [-0.15, -0.1) is 0 Å². The van der Waals surface area contributed by atoms with Crippen molar-refractivity contribution in [1.29, 1.82) is 0 Å². The van der Waals surface area contributed by atoms with Gasteiger partial charge in [0.15, 0.2) is 0 Å². The molecule has 0 saturated carbocycles. The topological polar surface area (TPSA) is 54.0 Å². The van der Waals surface area contributed by atoms with E-state index in [1.54, 1.807) is 12.4 Å². The number of nitrogens with zero attached hydrogens (tertiary/aromatic N) is 1. The van der Waals surface area contributed by atoms with Gasteiger partial charge in [-0.3, -0.25) is 9.78 Å². The van der Waals surface area contributed by atoms with Crippen molar-refractivity contribution >= 4 is 11.6 Å². The van der Waals surface area contributed by atoms with Crippen molar-refractivity contribution in [3.8, 4) is 0 Å². The van der Waals surface area contributed by atoms with Crippen LogP contribution in [0.25, 0.3) is 0 Å². The number of carbonyl (C=O) groups excluding carboxylic acids is 1. The number of anilines is 1. The van der Waals surface area contributed by atoms with Crippen molar-refractivity contribution < 1.29 is 4.79 Å². The van der Waals surface area contributed by atoms with Gasteiger partial charge in [0.2, 0.25) is 0 Å². The summed E-state index contributed by atoms with van der Waals surface area (Å²) in [6, 6.07) is 9.64. The first kappa shape index (κ1) is 14.1. The van der Waals surface area contributed by atoms with Crippen LogP contribution >= 0.6 is 0 Å². The molecule has 0 radical (unpaired) electrons. The molecule has 1 heterocycles. The van der Waals surface area contributed by atoms with Gasteiger partial charge in [-0.05, 0) is 54.8 Å². The minimum Gasteiger partial charge on any atom is -0.388 e. The molecule has 0 saturated heterocycles. The number of pyridine rings is 1. The highest BCUT2D eigenvalue weighted by Gasteiger charge is 2.08. The lowest BCUT2D eigenvalue weighted by atomic mass is 10.1. The molecule has 0 aliphatic carbocycles. The summed E-state index contributed by atoms with van der Waals surface area (Å²) in [5, 5.41) is 6.01. The summed E-state index contributed by atoms with van der Waals surface area (Å²) in [6.45, 7) is 2.56. The third kappa shape index (κ3) is 3.57. The molecule has 4 nitrogen and oxygen atoms in total. The molecule has 0 fully saturated rings. The lowest BCUT2D eigenvalue weighted by Gasteiger charge is -2.09. The quantitative estimate of drug-likeness (QED) is 0.876. The second kappa shape index (κ2) is 6.70. The van der Waals surface area contributed by atoms with Crippen molar-refractivity contribution in [1.82, 2.24) is 10.3 Å². The second-order valence-electron chi connectivity index (χ2n) is 4.64. The number of hydrogen-bond donors (Lipinski definition) is 2. The lowest BCUT2D eigenvalue weighted by Crippen LogP contribution is -2.26. The molecular formula is C16H19N3O. The minimum atomic E-state index is -0.0285. The van der Waals surface area contributed by atoms with Crippen molar-refractivity contribution in [3.63, 3.8) is 0 Å². The molecule has 0 aliphatic heterocycles. The van der Waals surface area contributed by atoms with E-state index in [-0.39, 0.29) is 5.91 Å². The Labute approximate surface area is 119 Å². The molecule has 0 spiro atoms. The predicted octanol–water partition coefficient (Wildman–Crippen LogP) is 2.40.